The lowest BCUT2D eigenvalue weighted by Gasteiger charge is -2.20. The topological polar surface area (TPSA) is 92.6 Å². The molecule has 0 bridgehead atoms. The second-order valence-corrected chi connectivity index (χ2v) is 6.54. The van der Waals surface area contributed by atoms with Crippen LogP contribution in [0.25, 0.3) is 22.1 Å². The normalized spacial score (nSPS) is 11.3. The molecular weight excluding hydrogens is 338 g/mol. The van der Waals surface area contributed by atoms with Gasteiger partial charge >= 0.3 is 0 Å². The van der Waals surface area contributed by atoms with Crippen LogP contribution >= 0.6 is 11.8 Å². The van der Waals surface area contributed by atoms with E-state index in [0.29, 0.717) is 28.1 Å². The molecule has 0 radical (unpaired) electrons. The van der Waals surface area contributed by atoms with Crippen molar-refractivity contribution < 1.29 is 0 Å². The van der Waals surface area contributed by atoms with Gasteiger partial charge in [-0.2, -0.15) is 0 Å². The van der Waals surface area contributed by atoms with Crippen molar-refractivity contribution in [2.24, 2.45) is 0 Å². The van der Waals surface area contributed by atoms with E-state index in [0.717, 1.165) is 10.5 Å². The number of para-hydroxylation sites is 1. The second kappa shape index (κ2) is 6.17. The van der Waals surface area contributed by atoms with Crippen LogP contribution in [0.5, 0.6) is 0 Å². The first kappa shape index (κ1) is 15.6. The maximum atomic E-state index is 12.8. The number of aromatic amines is 1. The van der Waals surface area contributed by atoms with Crippen LogP contribution in [-0.2, 0) is 5.75 Å². The third-order valence-electron chi connectivity index (χ3n) is 3.75. The Bertz CT molecular complexity index is 1120. The van der Waals surface area contributed by atoms with Crippen LogP contribution in [0.1, 0.15) is 5.82 Å². The van der Waals surface area contributed by atoms with E-state index >= 15 is 0 Å². The van der Waals surface area contributed by atoms with Crippen molar-refractivity contribution in [3.63, 3.8) is 0 Å². The molecule has 0 fully saturated rings. The summed E-state index contributed by atoms with van der Waals surface area (Å²) in [6, 6.07) is 7.36. The quantitative estimate of drug-likeness (QED) is 0.439. The first-order valence-corrected chi connectivity index (χ1v) is 8.59. The summed E-state index contributed by atoms with van der Waals surface area (Å²) in [6.07, 6.45) is 3.08. The molecule has 0 atom stereocenters. The van der Waals surface area contributed by atoms with Crippen LogP contribution in [0, 0.1) is 0 Å². The van der Waals surface area contributed by atoms with E-state index in [-0.39, 0.29) is 5.56 Å². The number of thioether (sulfide) groups is 1. The number of fused-ring (bicyclic) bond motifs is 2. The van der Waals surface area contributed by atoms with Gasteiger partial charge in [0, 0.05) is 14.1 Å². The zero-order chi connectivity index (χ0) is 17.4. The zero-order valence-electron chi connectivity index (χ0n) is 13.7. The first-order chi connectivity index (χ1) is 12.1. The van der Waals surface area contributed by atoms with E-state index in [1.54, 1.807) is 22.1 Å². The molecule has 0 spiro atoms. The SMILES string of the molecule is CN(C)n1c(CSc2ncnc3nc[nH]c23)nc2ccccc2c1=O. The smallest absolute Gasteiger partial charge is 0.280 e. The number of hydrogen-bond donors (Lipinski definition) is 1. The minimum absolute atomic E-state index is 0.0828. The average Bonchev–Trinajstić information content (AvgIpc) is 3.09. The molecule has 25 heavy (non-hydrogen) atoms. The monoisotopic (exact) mass is 353 g/mol. The van der Waals surface area contributed by atoms with Gasteiger partial charge in [-0.05, 0) is 12.1 Å². The van der Waals surface area contributed by atoms with Crippen LogP contribution in [0.2, 0.25) is 0 Å². The van der Waals surface area contributed by atoms with Crippen LogP contribution in [0.4, 0.5) is 0 Å². The molecule has 1 N–H and O–H groups in total. The summed E-state index contributed by atoms with van der Waals surface area (Å²) in [4.78, 5) is 33.1. The van der Waals surface area contributed by atoms with Gasteiger partial charge in [0.1, 0.15) is 22.7 Å². The fraction of sp³-hybridized carbons (Fsp3) is 0.188. The molecule has 126 valence electrons. The molecule has 0 aliphatic heterocycles. The Morgan fingerprint density at radius 2 is 2.04 bits per heavy atom. The lowest BCUT2D eigenvalue weighted by molar-refractivity contribution is 0.660. The van der Waals surface area contributed by atoms with E-state index in [4.69, 9.17) is 0 Å². The summed E-state index contributed by atoms with van der Waals surface area (Å²) in [6.45, 7) is 0. The van der Waals surface area contributed by atoms with Crippen molar-refractivity contribution in [3.8, 4) is 0 Å². The Kier molecular flexibility index (Phi) is 3.85. The predicted octanol–water partition coefficient (Wildman–Crippen LogP) is 1.55. The summed E-state index contributed by atoms with van der Waals surface area (Å²) in [5, 5.41) is 3.11. The van der Waals surface area contributed by atoms with Gasteiger partial charge in [-0.15, -0.1) is 0 Å². The maximum Gasteiger partial charge on any atom is 0.280 e. The van der Waals surface area contributed by atoms with Crippen molar-refractivity contribution in [3.05, 3.63) is 53.1 Å². The molecule has 0 aliphatic rings. The number of benzene rings is 1. The van der Waals surface area contributed by atoms with Crippen molar-refractivity contribution in [2.75, 3.05) is 19.1 Å². The van der Waals surface area contributed by atoms with Gasteiger partial charge in [-0.3, -0.25) is 4.79 Å². The molecule has 0 saturated heterocycles. The van der Waals surface area contributed by atoms with Gasteiger partial charge in [0.25, 0.3) is 5.56 Å². The highest BCUT2D eigenvalue weighted by Crippen LogP contribution is 2.25. The Hall–Kier alpha value is -2.94. The molecule has 0 aliphatic carbocycles. The minimum atomic E-state index is -0.0828. The Balaban J connectivity index is 1.77. The molecule has 4 aromatic rings. The molecule has 3 heterocycles. The first-order valence-electron chi connectivity index (χ1n) is 7.60. The highest BCUT2D eigenvalue weighted by atomic mass is 32.2. The van der Waals surface area contributed by atoms with Crippen LogP contribution in [0.15, 0.2) is 46.7 Å². The summed E-state index contributed by atoms with van der Waals surface area (Å²) in [5.74, 6) is 1.15. The maximum absolute atomic E-state index is 12.8. The highest BCUT2D eigenvalue weighted by molar-refractivity contribution is 7.98. The Morgan fingerprint density at radius 3 is 2.88 bits per heavy atom. The molecule has 1 aromatic carbocycles. The fourth-order valence-corrected chi connectivity index (χ4v) is 3.53. The highest BCUT2D eigenvalue weighted by Gasteiger charge is 2.14. The largest absolute Gasteiger partial charge is 0.341 e. The third-order valence-corrected chi connectivity index (χ3v) is 4.73. The van der Waals surface area contributed by atoms with Crippen molar-refractivity contribution in [1.29, 1.82) is 0 Å². The third kappa shape index (κ3) is 2.72. The number of rotatable bonds is 4. The van der Waals surface area contributed by atoms with Gasteiger partial charge in [0.2, 0.25) is 0 Å². The molecule has 9 heteroatoms. The van der Waals surface area contributed by atoms with E-state index in [2.05, 4.69) is 24.9 Å². The van der Waals surface area contributed by atoms with Crippen LogP contribution < -0.4 is 10.6 Å². The standard InChI is InChI=1S/C16H15N7OS/c1-22(2)23-12(21-11-6-4-3-5-10(11)16(23)24)7-25-15-13-14(18-8-17-13)19-9-20-15/h3-6,8-9H,7H2,1-2H3,(H,17,18,19,20). The van der Waals surface area contributed by atoms with Crippen molar-refractivity contribution in [1.82, 2.24) is 29.6 Å². The summed E-state index contributed by atoms with van der Waals surface area (Å²) < 4.78 is 1.58. The lowest BCUT2D eigenvalue weighted by Crippen LogP contribution is -2.39. The van der Waals surface area contributed by atoms with Crippen molar-refractivity contribution >= 4 is 33.8 Å². The molecule has 0 unspecified atom stereocenters. The van der Waals surface area contributed by atoms with E-state index in [1.807, 2.05) is 32.3 Å². The molecule has 0 saturated carbocycles. The number of nitrogens with one attached hydrogen (secondary N) is 1. The summed E-state index contributed by atoms with van der Waals surface area (Å²) >= 11 is 1.49. The zero-order valence-corrected chi connectivity index (χ0v) is 14.5. The lowest BCUT2D eigenvalue weighted by atomic mass is 10.2. The van der Waals surface area contributed by atoms with Crippen molar-refractivity contribution in [2.45, 2.75) is 10.8 Å². The van der Waals surface area contributed by atoms with Gasteiger partial charge < -0.3 is 9.99 Å². The molecule has 4 rings (SSSR count). The number of aromatic nitrogens is 6. The van der Waals surface area contributed by atoms with Gasteiger partial charge in [-0.25, -0.2) is 24.6 Å². The Labute approximate surface area is 146 Å². The molecule has 0 amide bonds. The second-order valence-electron chi connectivity index (χ2n) is 5.58. The Morgan fingerprint density at radius 1 is 1.20 bits per heavy atom. The minimum Gasteiger partial charge on any atom is -0.341 e. The molecule has 8 nitrogen and oxygen atoms in total. The fourth-order valence-electron chi connectivity index (χ4n) is 2.66. The summed E-state index contributed by atoms with van der Waals surface area (Å²) in [5.41, 5.74) is 2.01. The van der Waals surface area contributed by atoms with Crippen LogP contribution in [-0.4, -0.2) is 43.7 Å². The predicted molar refractivity (Wildman–Crippen MR) is 97.3 cm³/mol. The van der Waals surface area contributed by atoms with Crippen LogP contribution in [0.3, 0.4) is 0 Å². The number of hydrogen-bond acceptors (Lipinski definition) is 7. The molecular formula is C16H15N7OS. The van der Waals surface area contributed by atoms with Gasteiger partial charge in [0.05, 0.1) is 23.0 Å². The molecule has 3 aromatic heterocycles. The van der Waals surface area contributed by atoms with E-state index in [1.165, 1.54) is 18.1 Å². The van der Waals surface area contributed by atoms with E-state index < -0.39 is 0 Å². The average molecular weight is 353 g/mol. The van der Waals surface area contributed by atoms with Gasteiger partial charge in [0.15, 0.2) is 5.65 Å². The number of H-pyrrole nitrogens is 1. The summed E-state index contributed by atoms with van der Waals surface area (Å²) in [7, 11) is 3.65. The van der Waals surface area contributed by atoms with E-state index in [9.17, 15) is 4.79 Å². The number of imidazole rings is 1. The number of nitrogens with zero attached hydrogens (tertiary/aromatic N) is 6. The van der Waals surface area contributed by atoms with Gasteiger partial charge in [-0.1, -0.05) is 23.9 Å².